The van der Waals surface area contributed by atoms with E-state index in [1.54, 1.807) is 0 Å². The monoisotopic (exact) mass is 338 g/mol. The van der Waals surface area contributed by atoms with Gasteiger partial charge in [-0.25, -0.2) is 18.7 Å². The molecule has 0 atom stereocenters. The number of hydrogen-bond donors (Lipinski definition) is 0. The molecule has 1 aromatic heterocycles. The fourth-order valence-electron chi connectivity index (χ4n) is 1.16. The summed E-state index contributed by atoms with van der Waals surface area (Å²) in [7, 11) is 0. The van der Waals surface area contributed by atoms with Crippen molar-refractivity contribution in [3.8, 4) is 11.4 Å². The first-order valence-electron chi connectivity index (χ1n) is 4.33. The fraction of sp³-hybridized carbons (Fsp3) is 0. The third-order valence-electron chi connectivity index (χ3n) is 1.95. The van der Waals surface area contributed by atoms with Crippen LogP contribution < -0.4 is 0 Å². The van der Waals surface area contributed by atoms with E-state index in [1.165, 1.54) is 6.07 Å². The molecule has 0 aliphatic rings. The first-order valence-corrected chi connectivity index (χ1v) is 5.88. The smallest absolute Gasteiger partial charge is 0.162 e. The van der Waals surface area contributed by atoms with Gasteiger partial charge in [-0.05, 0) is 34.1 Å². The van der Waals surface area contributed by atoms with Gasteiger partial charge in [-0.1, -0.05) is 23.2 Å². The summed E-state index contributed by atoms with van der Waals surface area (Å²) < 4.78 is 26.2. The summed E-state index contributed by atoms with van der Waals surface area (Å²) in [4.78, 5) is 7.82. The van der Waals surface area contributed by atoms with Crippen LogP contribution in [0.5, 0.6) is 0 Å². The molecule has 88 valence electrons. The second-order valence-electron chi connectivity index (χ2n) is 3.07. The molecular formula is C10H3BrCl2F2N2. The summed E-state index contributed by atoms with van der Waals surface area (Å²) >= 11 is 14.7. The van der Waals surface area contributed by atoms with Gasteiger partial charge < -0.3 is 0 Å². The molecule has 0 unspecified atom stereocenters. The van der Waals surface area contributed by atoms with Gasteiger partial charge in [0.15, 0.2) is 17.5 Å². The minimum absolute atomic E-state index is 0.102. The summed E-state index contributed by atoms with van der Waals surface area (Å²) in [6.45, 7) is 0. The van der Waals surface area contributed by atoms with E-state index in [4.69, 9.17) is 23.2 Å². The SMILES string of the molecule is Fc1ccc(-c2nc(Cl)c(Br)c(Cl)n2)cc1F. The van der Waals surface area contributed by atoms with Gasteiger partial charge in [0.05, 0.1) is 4.47 Å². The molecule has 0 amide bonds. The van der Waals surface area contributed by atoms with Crippen molar-refractivity contribution in [1.29, 1.82) is 0 Å². The standard InChI is InChI=1S/C10H3BrCl2F2N2/c11-7-8(12)16-10(17-9(7)13)4-1-2-5(14)6(15)3-4/h1-3H. The third-order valence-corrected chi connectivity index (χ3v) is 3.70. The normalized spacial score (nSPS) is 10.6. The van der Waals surface area contributed by atoms with E-state index in [0.29, 0.717) is 10.0 Å². The Morgan fingerprint density at radius 1 is 1.00 bits per heavy atom. The molecule has 17 heavy (non-hydrogen) atoms. The molecule has 7 heteroatoms. The van der Waals surface area contributed by atoms with Gasteiger partial charge in [0.1, 0.15) is 10.3 Å². The quantitative estimate of drug-likeness (QED) is 0.715. The van der Waals surface area contributed by atoms with Crippen molar-refractivity contribution >= 4 is 39.1 Å². The van der Waals surface area contributed by atoms with Crippen LogP contribution in [-0.2, 0) is 0 Å². The van der Waals surface area contributed by atoms with Gasteiger partial charge in [-0.15, -0.1) is 0 Å². The van der Waals surface area contributed by atoms with Gasteiger partial charge in [0.25, 0.3) is 0 Å². The molecule has 0 aliphatic heterocycles. The number of nitrogens with zero attached hydrogens (tertiary/aromatic N) is 2. The number of benzene rings is 1. The van der Waals surface area contributed by atoms with E-state index in [2.05, 4.69) is 25.9 Å². The largest absolute Gasteiger partial charge is 0.215 e. The lowest BCUT2D eigenvalue weighted by molar-refractivity contribution is 0.509. The minimum atomic E-state index is -0.985. The van der Waals surface area contributed by atoms with Crippen molar-refractivity contribution in [2.45, 2.75) is 0 Å². The molecule has 2 nitrogen and oxygen atoms in total. The predicted molar refractivity (Wildman–Crippen MR) is 65.1 cm³/mol. The highest BCUT2D eigenvalue weighted by Crippen LogP contribution is 2.30. The lowest BCUT2D eigenvalue weighted by atomic mass is 10.2. The minimum Gasteiger partial charge on any atom is -0.215 e. The first-order chi connectivity index (χ1) is 7.99. The molecule has 0 saturated heterocycles. The maximum Gasteiger partial charge on any atom is 0.162 e. The molecule has 0 fully saturated rings. The average Bonchev–Trinajstić information content (AvgIpc) is 2.29. The van der Waals surface area contributed by atoms with Crippen molar-refractivity contribution < 1.29 is 8.78 Å². The molecule has 0 bridgehead atoms. The summed E-state index contributed by atoms with van der Waals surface area (Å²) in [6, 6.07) is 3.30. The average molecular weight is 340 g/mol. The lowest BCUT2D eigenvalue weighted by Crippen LogP contribution is -1.93. The Kier molecular flexibility index (Phi) is 3.61. The van der Waals surface area contributed by atoms with Crippen LogP contribution in [-0.4, -0.2) is 9.97 Å². The second-order valence-corrected chi connectivity index (χ2v) is 4.58. The fourth-order valence-corrected chi connectivity index (χ4v) is 1.72. The zero-order valence-electron chi connectivity index (χ0n) is 8.02. The zero-order chi connectivity index (χ0) is 12.6. The summed E-state index contributed by atoms with van der Waals surface area (Å²) in [5.41, 5.74) is 0.292. The van der Waals surface area contributed by atoms with Crippen LogP contribution in [0.4, 0.5) is 8.78 Å². The number of aromatic nitrogens is 2. The predicted octanol–water partition coefficient (Wildman–Crippen LogP) is 4.49. The summed E-state index contributed by atoms with van der Waals surface area (Å²) in [5.74, 6) is -1.80. The Morgan fingerprint density at radius 3 is 2.12 bits per heavy atom. The Bertz CT molecular complexity index is 570. The van der Waals surface area contributed by atoms with Crippen molar-refractivity contribution in [2.24, 2.45) is 0 Å². The van der Waals surface area contributed by atoms with Crippen LogP contribution in [0, 0.1) is 11.6 Å². The lowest BCUT2D eigenvalue weighted by Gasteiger charge is -2.04. The zero-order valence-corrected chi connectivity index (χ0v) is 11.1. The highest BCUT2D eigenvalue weighted by atomic mass is 79.9. The van der Waals surface area contributed by atoms with Crippen molar-refractivity contribution in [2.75, 3.05) is 0 Å². The van der Waals surface area contributed by atoms with Crippen LogP contribution in [0.25, 0.3) is 11.4 Å². The molecule has 0 aliphatic carbocycles. The van der Waals surface area contributed by atoms with E-state index in [0.717, 1.165) is 12.1 Å². The molecule has 2 rings (SSSR count). The first kappa shape index (κ1) is 12.7. The van der Waals surface area contributed by atoms with Gasteiger partial charge >= 0.3 is 0 Å². The summed E-state index contributed by atoms with van der Waals surface area (Å²) in [5, 5.41) is 0.203. The van der Waals surface area contributed by atoms with Crippen LogP contribution in [0.2, 0.25) is 10.3 Å². The molecular weight excluding hydrogens is 337 g/mol. The maximum absolute atomic E-state index is 13.0. The Balaban J connectivity index is 2.57. The molecule has 2 aromatic rings. The number of hydrogen-bond acceptors (Lipinski definition) is 2. The Hall–Kier alpha value is -0.780. The van der Waals surface area contributed by atoms with Gasteiger partial charge in [-0.2, -0.15) is 0 Å². The van der Waals surface area contributed by atoms with Crippen molar-refractivity contribution in [3.63, 3.8) is 0 Å². The van der Waals surface area contributed by atoms with Crippen LogP contribution in [0.1, 0.15) is 0 Å². The molecule has 0 saturated carbocycles. The van der Waals surface area contributed by atoms with Crippen molar-refractivity contribution in [1.82, 2.24) is 9.97 Å². The maximum atomic E-state index is 13.0. The van der Waals surface area contributed by atoms with Crippen LogP contribution >= 0.6 is 39.1 Å². The van der Waals surface area contributed by atoms with E-state index in [9.17, 15) is 8.78 Å². The van der Waals surface area contributed by atoms with E-state index in [-0.39, 0.29) is 16.1 Å². The van der Waals surface area contributed by atoms with Gasteiger partial charge in [0.2, 0.25) is 0 Å². The Labute approximate surface area is 114 Å². The highest BCUT2D eigenvalue weighted by molar-refractivity contribution is 9.10. The molecule has 1 aromatic carbocycles. The van der Waals surface area contributed by atoms with Gasteiger partial charge in [-0.3, -0.25) is 0 Å². The van der Waals surface area contributed by atoms with Gasteiger partial charge in [0, 0.05) is 5.56 Å². The van der Waals surface area contributed by atoms with E-state index >= 15 is 0 Å². The molecule has 0 N–H and O–H groups in total. The van der Waals surface area contributed by atoms with Crippen LogP contribution in [0.15, 0.2) is 22.7 Å². The number of halogens is 5. The van der Waals surface area contributed by atoms with E-state index in [1.807, 2.05) is 0 Å². The second kappa shape index (κ2) is 4.84. The molecule has 0 radical (unpaired) electrons. The number of rotatable bonds is 1. The topological polar surface area (TPSA) is 25.8 Å². The van der Waals surface area contributed by atoms with E-state index < -0.39 is 11.6 Å². The van der Waals surface area contributed by atoms with Crippen LogP contribution in [0.3, 0.4) is 0 Å². The highest BCUT2D eigenvalue weighted by Gasteiger charge is 2.12. The molecule has 1 heterocycles. The Morgan fingerprint density at radius 2 is 1.59 bits per heavy atom. The van der Waals surface area contributed by atoms with Crippen molar-refractivity contribution in [3.05, 3.63) is 44.6 Å². The summed E-state index contributed by atoms with van der Waals surface area (Å²) in [6.07, 6.45) is 0. The third kappa shape index (κ3) is 2.56. The molecule has 0 spiro atoms.